The topological polar surface area (TPSA) is 21.3 Å². The number of benzene rings is 1. The summed E-state index contributed by atoms with van der Waals surface area (Å²) in [5.41, 5.74) is 2.52. The molecule has 0 aromatic heterocycles. The molecule has 2 nitrogen and oxygen atoms in total. The van der Waals surface area contributed by atoms with Crippen LogP contribution in [0.1, 0.15) is 31.9 Å². The second-order valence-electron chi connectivity index (χ2n) is 5.07. The van der Waals surface area contributed by atoms with Gasteiger partial charge in [0, 0.05) is 12.6 Å². The van der Waals surface area contributed by atoms with Crippen LogP contribution in [0.15, 0.2) is 24.3 Å². The number of rotatable bonds is 6. The van der Waals surface area contributed by atoms with Crippen molar-refractivity contribution >= 4 is 0 Å². The van der Waals surface area contributed by atoms with E-state index in [0.29, 0.717) is 6.04 Å². The van der Waals surface area contributed by atoms with E-state index in [4.69, 9.17) is 4.74 Å². The zero-order chi connectivity index (χ0) is 12.9. The lowest BCUT2D eigenvalue weighted by Crippen LogP contribution is -2.48. The van der Waals surface area contributed by atoms with E-state index in [2.05, 4.69) is 50.4 Å². The van der Waals surface area contributed by atoms with Gasteiger partial charge in [0.15, 0.2) is 0 Å². The first-order valence-electron chi connectivity index (χ1n) is 6.36. The highest BCUT2D eigenvalue weighted by atomic mass is 16.5. The quantitative estimate of drug-likeness (QED) is 0.818. The van der Waals surface area contributed by atoms with Gasteiger partial charge in [0.05, 0.1) is 5.60 Å². The van der Waals surface area contributed by atoms with Crippen LogP contribution >= 0.6 is 0 Å². The Morgan fingerprint density at radius 2 is 2.06 bits per heavy atom. The van der Waals surface area contributed by atoms with E-state index in [1.165, 1.54) is 11.1 Å². The van der Waals surface area contributed by atoms with Crippen LogP contribution in [0, 0.1) is 6.92 Å². The van der Waals surface area contributed by atoms with Crippen LogP contribution in [0.4, 0.5) is 0 Å². The monoisotopic (exact) mass is 235 g/mol. The number of hydrogen-bond acceptors (Lipinski definition) is 2. The summed E-state index contributed by atoms with van der Waals surface area (Å²) >= 11 is 0. The van der Waals surface area contributed by atoms with Crippen molar-refractivity contribution in [2.75, 3.05) is 13.7 Å². The predicted octanol–water partition coefficient (Wildman–Crippen LogP) is 2.94. The average molecular weight is 235 g/mol. The second kappa shape index (κ2) is 6.18. The van der Waals surface area contributed by atoms with Crippen molar-refractivity contribution in [3.05, 3.63) is 35.4 Å². The third kappa shape index (κ3) is 4.14. The summed E-state index contributed by atoms with van der Waals surface area (Å²) in [6.07, 6.45) is 0.991. The molecule has 0 spiro atoms. The van der Waals surface area contributed by atoms with E-state index < -0.39 is 0 Å². The summed E-state index contributed by atoms with van der Waals surface area (Å²) < 4.78 is 5.82. The van der Waals surface area contributed by atoms with Crippen LogP contribution in [0.3, 0.4) is 0 Å². The van der Waals surface area contributed by atoms with Gasteiger partial charge in [0.1, 0.15) is 0 Å². The predicted molar refractivity (Wildman–Crippen MR) is 73.4 cm³/mol. The van der Waals surface area contributed by atoms with Crippen LogP contribution in [0.2, 0.25) is 0 Å². The molecule has 1 aromatic carbocycles. The van der Waals surface area contributed by atoms with Gasteiger partial charge >= 0.3 is 0 Å². The van der Waals surface area contributed by atoms with E-state index >= 15 is 0 Å². The number of hydrogen-bond donors (Lipinski definition) is 1. The normalized spacial score (nSPS) is 13.7. The van der Waals surface area contributed by atoms with E-state index in [0.717, 1.165) is 13.0 Å². The molecule has 96 valence electrons. The molecule has 0 aliphatic heterocycles. The molecule has 0 amide bonds. The fourth-order valence-electron chi connectivity index (χ4n) is 2.24. The molecule has 2 heteroatoms. The Morgan fingerprint density at radius 1 is 1.35 bits per heavy atom. The highest BCUT2D eigenvalue weighted by molar-refractivity contribution is 5.23. The Labute approximate surface area is 105 Å². The molecule has 17 heavy (non-hydrogen) atoms. The summed E-state index contributed by atoms with van der Waals surface area (Å²) in [6, 6.07) is 8.99. The van der Waals surface area contributed by atoms with Gasteiger partial charge in [-0.1, -0.05) is 29.8 Å². The Kier molecular flexibility index (Phi) is 5.16. The molecule has 1 atom stereocenters. The molecule has 1 unspecified atom stereocenters. The number of ether oxygens (including phenoxy) is 1. The Hall–Kier alpha value is -0.860. The van der Waals surface area contributed by atoms with Crippen LogP contribution in [-0.4, -0.2) is 25.3 Å². The second-order valence-corrected chi connectivity index (χ2v) is 5.07. The molecule has 0 saturated heterocycles. The summed E-state index contributed by atoms with van der Waals surface area (Å²) in [5, 5.41) is 3.37. The van der Waals surface area contributed by atoms with Crippen molar-refractivity contribution in [2.45, 2.75) is 45.8 Å². The molecule has 1 aromatic rings. The third-order valence-corrected chi connectivity index (χ3v) is 3.23. The molecule has 0 saturated carbocycles. The smallest absolute Gasteiger partial charge is 0.0781 e. The maximum atomic E-state index is 5.82. The van der Waals surface area contributed by atoms with Crippen LogP contribution < -0.4 is 5.32 Å². The maximum Gasteiger partial charge on any atom is 0.0781 e. The Morgan fingerprint density at radius 3 is 2.59 bits per heavy atom. The lowest BCUT2D eigenvalue weighted by atomic mass is 9.92. The van der Waals surface area contributed by atoms with Crippen LogP contribution in [0.25, 0.3) is 0 Å². The van der Waals surface area contributed by atoms with Crippen molar-refractivity contribution in [3.63, 3.8) is 0 Å². The minimum Gasteiger partial charge on any atom is -0.374 e. The molecule has 1 N–H and O–H groups in total. The lowest BCUT2D eigenvalue weighted by Gasteiger charge is -2.34. The first-order valence-corrected chi connectivity index (χ1v) is 6.36. The minimum absolute atomic E-state index is 0.146. The van der Waals surface area contributed by atoms with Crippen molar-refractivity contribution in [3.8, 4) is 0 Å². The van der Waals surface area contributed by atoms with Gasteiger partial charge in [-0.05, 0) is 46.7 Å². The zero-order valence-corrected chi connectivity index (χ0v) is 11.7. The molecule has 0 aliphatic rings. The fourth-order valence-corrected chi connectivity index (χ4v) is 2.24. The summed E-state index contributed by atoms with van der Waals surface area (Å²) in [4.78, 5) is 0. The Balaban J connectivity index is 2.76. The molecule has 0 aliphatic carbocycles. The molecule has 1 rings (SSSR count). The van der Waals surface area contributed by atoms with Gasteiger partial charge in [-0.3, -0.25) is 0 Å². The molecule has 0 fully saturated rings. The van der Waals surface area contributed by atoms with E-state index in [1.807, 2.05) is 14.0 Å². The first-order chi connectivity index (χ1) is 7.99. The third-order valence-electron chi connectivity index (χ3n) is 3.23. The van der Waals surface area contributed by atoms with Gasteiger partial charge in [-0.25, -0.2) is 0 Å². The largest absolute Gasteiger partial charge is 0.374 e. The number of likely N-dealkylation sites (N-methyl/N-ethyl adjacent to an activating group) is 1. The van der Waals surface area contributed by atoms with Gasteiger partial charge in [-0.15, -0.1) is 0 Å². The van der Waals surface area contributed by atoms with Crippen molar-refractivity contribution in [1.82, 2.24) is 5.32 Å². The van der Waals surface area contributed by atoms with Crippen LogP contribution in [0.5, 0.6) is 0 Å². The highest BCUT2D eigenvalue weighted by Crippen LogP contribution is 2.19. The molecular formula is C15H25NO. The van der Waals surface area contributed by atoms with Crippen LogP contribution in [-0.2, 0) is 11.2 Å². The first kappa shape index (κ1) is 14.2. The van der Waals surface area contributed by atoms with Gasteiger partial charge < -0.3 is 10.1 Å². The highest BCUT2D eigenvalue weighted by Gasteiger charge is 2.28. The molecule has 0 radical (unpaired) electrons. The van der Waals surface area contributed by atoms with Gasteiger partial charge in [0.2, 0.25) is 0 Å². The van der Waals surface area contributed by atoms with Gasteiger partial charge in [-0.2, -0.15) is 0 Å². The molecule has 0 bridgehead atoms. The summed E-state index contributed by atoms with van der Waals surface area (Å²) in [6.45, 7) is 9.21. The number of nitrogens with one attached hydrogen (secondary N) is 1. The van der Waals surface area contributed by atoms with Crippen molar-refractivity contribution in [1.29, 1.82) is 0 Å². The molecule has 0 heterocycles. The van der Waals surface area contributed by atoms with Crippen molar-refractivity contribution in [2.24, 2.45) is 0 Å². The van der Waals surface area contributed by atoms with Gasteiger partial charge in [0.25, 0.3) is 0 Å². The zero-order valence-electron chi connectivity index (χ0n) is 11.7. The van der Waals surface area contributed by atoms with E-state index in [9.17, 15) is 0 Å². The summed E-state index contributed by atoms with van der Waals surface area (Å²) in [7, 11) is 2.00. The maximum absolute atomic E-state index is 5.82. The fraction of sp³-hybridized carbons (Fsp3) is 0.600. The van der Waals surface area contributed by atoms with E-state index in [1.54, 1.807) is 0 Å². The Bertz CT molecular complexity index is 347. The SMILES string of the molecule is CCOC(C)(C)C(Cc1cccc(C)c1)NC. The van der Waals surface area contributed by atoms with E-state index in [-0.39, 0.29) is 5.60 Å². The number of aryl methyl sites for hydroxylation is 1. The summed E-state index contributed by atoms with van der Waals surface area (Å²) in [5.74, 6) is 0. The average Bonchev–Trinajstić information content (AvgIpc) is 2.25. The van der Waals surface area contributed by atoms with Crippen molar-refractivity contribution < 1.29 is 4.74 Å². The minimum atomic E-state index is -0.146. The standard InChI is InChI=1S/C15H25NO/c1-6-17-15(3,4)14(16-5)11-13-9-7-8-12(2)10-13/h7-10,14,16H,6,11H2,1-5H3. The molecular weight excluding hydrogens is 210 g/mol. The lowest BCUT2D eigenvalue weighted by molar-refractivity contribution is -0.0363.